The number of ether oxygens (including phenoxy) is 2. The molecule has 0 aromatic heterocycles. The van der Waals surface area contributed by atoms with Crippen molar-refractivity contribution in [3.05, 3.63) is 0 Å². The number of hydrogen-bond acceptors (Lipinski definition) is 6. The van der Waals surface area contributed by atoms with Crippen molar-refractivity contribution in [2.45, 2.75) is 44.0 Å². The number of nitrogens with two attached hydrogens (primary N) is 2. The van der Waals surface area contributed by atoms with Gasteiger partial charge in [0.1, 0.15) is 12.2 Å². The SMILES string of the molecule is CCC1O[C@@H](OCCN)C(N)[C@@H](O)[C@H]1O. The number of aliphatic hydroxyl groups is 2. The van der Waals surface area contributed by atoms with Gasteiger partial charge < -0.3 is 31.2 Å². The van der Waals surface area contributed by atoms with Crippen molar-refractivity contribution in [1.29, 1.82) is 0 Å². The summed E-state index contributed by atoms with van der Waals surface area (Å²) >= 11 is 0. The minimum absolute atomic E-state index is 0.317. The summed E-state index contributed by atoms with van der Waals surface area (Å²) in [6.07, 6.45) is -2.53. The Morgan fingerprint density at radius 1 is 1.33 bits per heavy atom. The van der Waals surface area contributed by atoms with E-state index in [1.165, 1.54) is 0 Å². The second-order valence-corrected chi connectivity index (χ2v) is 3.67. The predicted octanol–water partition coefficient (Wildman–Crippen LogP) is -1.85. The molecule has 0 radical (unpaired) electrons. The molecule has 1 saturated heterocycles. The normalized spacial score (nSPS) is 41.8. The molecule has 1 aliphatic heterocycles. The Labute approximate surface area is 89.1 Å². The Kier molecular flexibility index (Phi) is 4.91. The monoisotopic (exact) mass is 220 g/mol. The van der Waals surface area contributed by atoms with Crippen LogP contribution in [0.25, 0.3) is 0 Å². The molecule has 0 aliphatic carbocycles. The summed E-state index contributed by atoms with van der Waals surface area (Å²) in [7, 11) is 0. The van der Waals surface area contributed by atoms with Gasteiger partial charge in [-0.1, -0.05) is 6.92 Å². The first kappa shape index (κ1) is 12.8. The molecule has 1 fully saturated rings. The molecule has 0 saturated carbocycles. The van der Waals surface area contributed by atoms with E-state index in [0.29, 0.717) is 19.6 Å². The van der Waals surface area contributed by atoms with Crippen LogP contribution in [0.5, 0.6) is 0 Å². The van der Waals surface area contributed by atoms with Crippen LogP contribution in [0.1, 0.15) is 13.3 Å². The van der Waals surface area contributed by atoms with Crippen LogP contribution < -0.4 is 11.5 Å². The smallest absolute Gasteiger partial charge is 0.175 e. The van der Waals surface area contributed by atoms with E-state index < -0.39 is 30.6 Å². The molecule has 0 aromatic rings. The Morgan fingerprint density at radius 2 is 2.00 bits per heavy atom. The quantitative estimate of drug-likeness (QED) is 0.442. The van der Waals surface area contributed by atoms with Gasteiger partial charge in [-0.05, 0) is 6.42 Å². The van der Waals surface area contributed by atoms with Crippen LogP contribution in [0.4, 0.5) is 0 Å². The fourth-order valence-corrected chi connectivity index (χ4v) is 1.62. The molecule has 6 heteroatoms. The maximum Gasteiger partial charge on any atom is 0.175 e. The second kappa shape index (κ2) is 5.74. The molecule has 6 nitrogen and oxygen atoms in total. The largest absolute Gasteiger partial charge is 0.388 e. The minimum atomic E-state index is -1.02. The number of hydrogen-bond donors (Lipinski definition) is 4. The molecule has 1 rings (SSSR count). The molecule has 6 N–H and O–H groups in total. The van der Waals surface area contributed by atoms with E-state index in [9.17, 15) is 10.2 Å². The van der Waals surface area contributed by atoms with E-state index in [4.69, 9.17) is 20.9 Å². The number of aliphatic hydroxyl groups excluding tert-OH is 2. The summed E-state index contributed by atoms with van der Waals surface area (Å²) in [5.41, 5.74) is 11.0. The Bertz CT molecular complexity index is 191. The highest BCUT2D eigenvalue weighted by Crippen LogP contribution is 2.22. The predicted molar refractivity (Wildman–Crippen MR) is 53.9 cm³/mol. The summed E-state index contributed by atoms with van der Waals surface area (Å²) in [5.74, 6) is 0. The van der Waals surface area contributed by atoms with E-state index in [1.807, 2.05) is 6.92 Å². The highest BCUT2D eigenvalue weighted by molar-refractivity contribution is 4.91. The lowest BCUT2D eigenvalue weighted by Gasteiger charge is -2.40. The van der Waals surface area contributed by atoms with Crippen LogP contribution in [0.15, 0.2) is 0 Å². The highest BCUT2D eigenvalue weighted by Gasteiger charge is 2.42. The van der Waals surface area contributed by atoms with Crippen LogP contribution in [0.2, 0.25) is 0 Å². The first-order valence-electron chi connectivity index (χ1n) is 5.20. The van der Waals surface area contributed by atoms with Gasteiger partial charge in [0.15, 0.2) is 6.29 Å². The summed E-state index contributed by atoms with van der Waals surface area (Å²) in [6.45, 7) is 2.54. The zero-order chi connectivity index (χ0) is 11.4. The lowest BCUT2D eigenvalue weighted by molar-refractivity contribution is -0.259. The fraction of sp³-hybridized carbons (Fsp3) is 1.00. The zero-order valence-electron chi connectivity index (χ0n) is 8.87. The molecular weight excluding hydrogens is 200 g/mol. The maximum absolute atomic E-state index is 9.65. The van der Waals surface area contributed by atoms with Crippen LogP contribution in [0, 0.1) is 0 Å². The van der Waals surface area contributed by atoms with E-state index in [-0.39, 0.29) is 0 Å². The summed E-state index contributed by atoms with van der Waals surface area (Å²) in [4.78, 5) is 0. The van der Waals surface area contributed by atoms with E-state index in [2.05, 4.69) is 0 Å². The minimum Gasteiger partial charge on any atom is -0.388 e. The van der Waals surface area contributed by atoms with E-state index >= 15 is 0 Å². The van der Waals surface area contributed by atoms with Gasteiger partial charge in [-0.25, -0.2) is 0 Å². The summed E-state index contributed by atoms with van der Waals surface area (Å²) in [6, 6.07) is -0.741. The standard InChI is InChI=1S/C9H20N2O4/c1-2-5-7(12)8(13)6(11)9(15-5)14-4-3-10/h5-9,12-13H,2-4,10-11H2,1H3/t5?,6?,7-,8+,9+/m0/s1. The van der Waals surface area contributed by atoms with Crippen molar-refractivity contribution < 1.29 is 19.7 Å². The third kappa shape index (κ3) is 2.87. The molecule has 0 spiro atoms. The van der Waals surface area contributed by atoms with Crippen LogP contribution in [-0.2, 0) is 9.47 Å². The molecule has 1 aliphatic rings. The Morgan fingerprint density at radius 3 is 2.53 bits per heavy atom. The van der Waals surface area contributed by atoms with Crippen LogP contribution in [-0.4, -0.2) is 54.0 Å². The van der Waals surface area contributed by atoms with Gasteiger partial charge in [0, 0.05) is 6.54 Å². The molecule has 0 amide bonds. The second-order valence-electron chi connectivity index (χ2n) is 3.67. The Balaban J connectivity index is 2.57. The van der Waals surface area contributed by atoms with Crippen molar-refractivity contribution in [3.8, 4) is 0 Å². The lowest BCUT2D eigenvalue weighted by atomic mass is 9.96. The maximum atomic E-state index is 9.65. The van der Waals surface area contributed by atoms with Gasteiger partial charge >= 0.3 is 0 Å². The molecular formula is C9H20N2O4. The molecule has 2 unspecified atom stereocenters. The molecule has 1 heterocycles. The van der Waals surface area contributed by atoms with Crippen LogP contribution in [0.3, 0.4) is 0 Å². The van der Waals surface area contributed by atoms with Crippen molar-refractivity contribution in [2.24, 2.45) is 11.5 Å². The van der Waals surface area contributed by atoms with Gasteiger partial charge in [-0.3, -0.25) is 0 Å². The zero-order valence-corrected chi connectivity index (χ0v) is 8.87. The van der Waals surface area contributed by atoms with E-state index in [1.54, 1.807) is 0 Å². The first-order valence-corrected chi connectivity index (χ1v) is 5.20. The average molecular weight is 220 g/mol. The third-order valence-corrected chi connectivity index (χ3v) is 2.55. The first-order chi connectivity index (χ1) is 7.11. The van der Waals surface area contributed by atoms with E-state index in [0.717, 1.165) is 0 Å². The van der Waals surface area contributed by atoms with Gasteiger partial charge in [0.25, 0.3) is 0 Å². The van der Waals surface area contributed by atoms with Gasteiger partial charge in [0.05, 0.1) is 18.8 Å². The van der Waals surface area contributed by atoms with Crippen LogP contribution >= 0.6 is 0 Å². The molecule has 15 heavy (non-hydrogen) atoms. The van der Waals surface area contributed by atoms with Gasteiger partial charge in [-0.15, -0.1) is 0 Å². The van der Waals surface area contributed by atoms with Crippen molar-refractivity contribution in [3.63, 3.8) is 0 Å². The fourth-order valence-electron chi connectivity index (χ4n) is 1.62. The average Bonchev–Trinajstić information content (AvgIpc) is 2.25. The molecule has 90 valence electrons. The highest BCUT2D eigenvalue weighted by atomic mass is 16.7. The molecule has 0 aromatic carbocycles. The van der Waals surface area contributed by atoms with Crippen molar-refractivity contribution >= 4 is 0 Å². The number of rotatable bonds is 4. The van der Waals surface area contributed by atoms with Gasteiger partial charge in [-0.2, -0.15) is 0 Å². The van der Waals surface area contributed by atoms with Gasteiger partial charge in [0.2, 0.25) is 0 Å². The summed E-state index contributed by atoms with van der Waals surface area (Å²) in [5, 5.41) is 19.3. The summed E-state index contributed by atoms with van der Waals surface area (Å²) < 4.78 is 10.7. The topological polar surface area (TPSA) is 111 Å². The van der Waals surface area contributed by atoms with Crippen molar-refractivity contribution in [1.82, 2.24) is 0 Å². The molecule has 0 bridgehead atoms. The molecule has 5 atom stereocenters. The van der Waals surface area contributed by atoms with Crippen molar-refractivity contribution in [2.75, 3.05) is 13.2 Å². The Hall–Kier alpha value is -0.240. The lowest BCUT2D eigenvalue weighted by Crippen LogP contribution is -2.61. The third-order valence-electron chi connectivity index (χ3n) is 2.55.